The second-order valence-corrected chi connectivity index (χ2v) is 6.65. The third kappa shape index (κ3) is 2.85. The van der Waals surface area contributed by atoms with Gasteiger partial charge in [0.2, 0.25) is 5.95 Å². The zero-order valence-electron chi connectivity index (χ0n) is 12.5. The summed E-state index contributed by atoms with van der Waals surface area (Å²) in [6, 6.07) is 12.7. The normalized spacial score (nSPS) is 12.3. The van der Waals surface area contributed by atoms with Crippen LogP contribution in [0.4, 0.5) is 5.95 Å². The Morgan fingerprint density at radius 2 is 1.95 bits per heavy atom. The van der Waals surface area contributed by atoms with Gasteiger partial charge in [-0.1, -0.05) is 18.2 Å². The van der Waals surface area contributed by atoms with Crippen molar-refractivity contribution >= 4 is 17.3 Å². The lowest BCUT2D eigenvalue weighted by molar-refractivity contribution is 0.849. The van der Waals surface area contributed by atoms with Crippen molar-refractivity contribution in [2.75, 3.05) is 5.32 Å². The lowest BCUT2D eigenvalue weighted by Gasteiger charge is -2.16. The number of hydrogen-bond acceptors (Lipinski definition) is 3. The molecule has 1 atom stereocenters. The highest BCUT2D eigenvalue weighted by Crippen LogP contribution is 2.28. The molecule has 0 amide bonds. The fourth-order valence-electron chi connectivity index (χ4n) is 2.56. The van der Waals surface area contributed by atoms with Crippen molar-refractivity contribution in [2.24, 2.45) is 0 Å². The highest BCUT2D eigenvalue weighted by molar-refractivity contribution is 7.12. The number of para-hydroxylation sites is 1. The van der Waals surface area contributed by atoms with Crippen LogP contribution in [-0.4, -0.2) is 9.55 Å². The Labute approximate surface area is 129 Å². The number of aromatic nitrogens is 2. The van der Waals surface area contributed by atoms with Crippen LogP contribution in [0.15, 0.2) is 48.8 Å². The molecule has 0 saturated heterocycles. The van der Waals surface area contributed by atoms with Crippen molar-refractivity contribution in [3.63, 3.8) is 0 Å². The van der Waals surface area contributed by atoms with Crippen LogP contribution in [-0.2, 0) is 0 Å². The van der Waals surface area contributed by atoms with E-state index in [4.69, 9.17) is 0 Å². The quantitative estimate of drug-likeness (QED) is 0.755. The fraction of sp³-hybridized carbons (Fsp3) is 0.235. The van der Waals surface area contributed by atoms with Gasteiger partial charge in [0.1, 0.15) is 0 Å². The van der Waals surface area contributed by atoms with Crippen LogP contribution in [0.5, 0.6) is 0 Å². The van der Waals surface area contributed by atoms with Gasteiger partial charge in [-0.25, -0.2) is 4.98 Å². The van der Waals surface area contributed by atoms with Crippen molar-refractivity contribution < 1.29 is 0 Å². The molecule has 0 aliphatic rings. The van der Waals surface area contributed by atoms with E-state index < -0.39 is 0 Å². The van der Waals surface area contributed by atoms with Crippen LogP contribution in [0.25, 0.3) is 5.69 Å². The molecule has 0 radical (unpaired) electrons. The van der Waals surface area contributed by atoms with Gasteiger partial charge in [0, 0.05) is 27.8 Å². The number of rotatable bonds is 4. The summed E-state index contributed by atoms with van der Waals surface area (Å²) in [6.07, 6.45) is 3.81. The minimum Gasteiger partial charge on any atom is -0.349 e. The van der Waals surface area contributed by atoms with Crippen LogP contribution in [0, 0.1) is 13.8 Å². The number of anilines is 1. The number of thiophene rings is 1. The molecule has 4 heteroatoms. The number of nitrogens with one attached hydrogen (secondary N) is 1. The molecule has 108 valence electrons. The lowest BCUT2D eigenvalue weighted by Crippen LogP contribution is -2.11. The zero-order chi connectivity index (χ0) is 14.8. The molecule has 2 heterocycles. The van der Waals surface area contributed by atoms with Gasteiger partial charge < -0.3 is 5.32 Å². The van der Waals surface area contributed by atoms with Crippen molar-refractivity contribution in [1.29, 1.82) is 0 Å². The third-order valence-electron chi connectivity index (χ3n) is 3.57. The fourth-order valence-corrected chi connectivity index (χ4v) is 3.58. The minimum absolute atomic E-state index is 0.236. The van der Waals surface area contributed by atoms with E-state index in [0.717, 1.165) is 11.6 Å². The van der Waals surface area contributed by atoms with Crippen LogP contribution < -0.4 is 5.32 Å². The topological polar surface area (TPSA) is 29.9 Å². The molecule has 1 N–H and O–H groups in total. The van der Waals surface area contributed by atoms with Gasteiger partial charge in [-0.05, 0) is 44.5 Å². The van der Waals surface area contributed by atoms with E-state index in [1.54, 1.807) is 0 Å². The zero-order valence-corrected chi connectivity index (χ0v) is 13.3. The van der Waals surface area contributed by atoms with E-state index in [9.17, 15) is 0 Å². The SMILES string of the molecule is Cc1cc(C(C)Nc2nccn2-c2ccccc2)c(C)s1. The summed E-state index contributed by atoms with van der Waals surface area (Å²) in [5, 5.41) is 3.52. The smallest absolute Gasteiger partial charge is 0.207 e. The Hall–Kier alpha value is -2.07. The first kappa shape index (κ1) is 13.9. The first-order chi connectivity index (χ1) is 10.1. The monoisotopic (exact) mass is 297 g/mol. The number of aryl methyl sites for hydroxylation is 2. The maximum absolute atomic E-state index is 4.45. The Bertz CT molecular complexity index is 728. The van der Waals surface area contributed by atoms with Crippen LogP contribution in [0.3, 0.4) is 0 Å². The summed E-state index contributed by atoms with van der Waals surface area (Å²) in [7, 11) is 0. The molecular weight excluding hydrogens is 278 g/mol. The maximum atomic E-state index is 4.45. The molecule has 1 unspecified atom stereocenters. The highest BCUT2D eigenvalue weighted by atomic mass is 32.1. The van der Waals surface area contributed by atoms with E-state index in [2.05, 4.69) is 53.8 Å². The molecule has 0 fully saturated rings. The molecule has 0 spiro atoms. The number of imidazole rings is 1. The first-order valence-electron chi connectivity index (χ1n) is 7.07. The summed E-state index contributed by atoms with van der Waals surface area (Å²) >= 11 is 1.84. The average molecular weight is 297 g/mol. The lowest BCUT2D eigenvalue weighted by atomic mass is 10.1. The molecule has 0 aliphatic carbocycles. The first-order valence-corrected chi connectivity index (χ1v) is 7.89. The Kier molecular flexibility index (Phi) is 3.80. The van der Waals surface area contributed by atoms with Gasteiger partial charge in [0.05, 0.1) is 6.04 Å². The molecule has 3 rings (SSSR count). The van der Waals surface area contributed by atoms with E-state index in [1.165, 1.54) is 15.3 Å². The second-order valence-electron chi connectivity index (χ2n) is 5.19. The molecule has 1 aromatic carbocycles. The molecule has 0 aliphatic heterocycles. The van der Waals surface area contributed by atoms with Crippen molar-refractivity contribution in [3.8, 4) is 5.69 Å². The summed E-state index contributed by atoms with van der Waals surface area (Å²) in [5.74, 6) is 0.872. The highest BCUT2D eigenvalue weighted by Gasteiger charge is 2.13. The van der Waals surface area contributed by atoms with E-state index in [-0.39, 0.29) is 6.04 Å². The summed E-state index contributed by atoms with van der Waals surface area (Å²) in [4.78, 5) is 7.17. The van der Waals surface area contributed by atoms with Crippen LogP contribution in [0.1, 0.15) is 28.3 Å². The summed E-state index contributed by atoms with van der Waals surface area (Å²) in [6.45, 7) is 6.51. The van der Waals surface area contributed by atoms with E-state index in [1.807, 2.05) is 41.9 Å². The minimum atomic E-state index is 0.236. The molecule has 21 heavy (non-hydrogen) atoms. The summed E-state index contributed by atoms with van der Waals surface area (Å²) in [5.41, 5.74) is 2.46. The van der Waals surface area contributed by atoms with Crippen LogP contribution in [0.2, 0.25) is 0 Å². The predicted molar refractivity (Wildman–Crippen MR) is 89.4 cm³/mol. The Morgan fingerprint density at radius 1 is 1.19 bits per heavy atom. The molecule has 3 nitrogen and oxygen atoms in total. The van der Waals surface area contributed by atoms with Crippen molar-refractivity contribution in [3.05, 3.63) is 64.1 Å². The largest absolute Gasteiger partial charge is 0.349 e. The van der Waals surface area contributed by atoms with Crippen LogP contribution >= 0.6 is 11.3 Å². The third-order valence-corrected chi connectivity index (χ3v) is 4.55. The Morgan fingerprint density at radius 3 is 2.62 bits per heavy atom. The molecule has 2 aromatic heterocycles. The van der Waals surface area contributed by atoms with Gasteiger partial charge >= 0.3 is 0 Å². The molecule has 0 saturated carbocycles. The molecule has 3 aromatic rings. The van der Waals surface area contributed by atoms with Gasteiger partial charge in [0.15, 0.2) is 0 Å². The number of nitrogens with zero attached hydrogens (tertiary/aromatic N) is 2. The molecular formula is C17H19N3S. The average Bonchev–Trinajstić information content (AvgIpc) is 3.06. The van der Waals surface area contributed by atoms with E-state index >= 15 is 0 Å². The Balaban J connectivity index is 1.86. The van der Waals surface area contributed by atoms with Crippen molar-refractivity contribution in [2.45, 2.75) is 26.8 Å². The van der Waals surface area contributed by atoms with Crippen molar-refractivity contribution in [1.82, 2.24) is 9.55 Å². The van der Waals surface area contributed by atoms with E-state index in [0.29, 0.717) is 0 Å². The number of benzene rings is 1. The molecule has 0 bridgehead atoms. The second kappa shape index (κ2) is 5.74. The maximum Gasteiger partial charge on any atom is 0.207 e. The van der Waals surface area contributed by atoms with Gasteiger partial charge in [-0.15, -0.1) is 11.3 Å². The standard InChI is InChI=1S/C17H19N3S/c1-12-11-16(14(3)21-12)13(2)19-17-18-9-10-20(17)15-7-5-4-6-8-15/h4-11,13H,1-3H3,(H,18,19). The van der Waals surface area contributed by atoms with Gasteiger partial charge in [-0.2, -0.15) is 0 Å². The predicted octanol–water partition coefficient (Wildman–Crippen LogP) is 4.72. The summed E-state index contributed by atoms with van der Waals surface area (Å²) < 4.78 is 2.07. The van der Waals surface area contributed by atoms with Gasteiger partial charge in [0.25, 0.3) is 0 Å². The number of hydrogen-bond donors (Lipinski definition) is 1. The van der Waals surface area contributed by atoms with Gasteiger partial charge in [-0.3, -0.25) is 4.57 Å².